The fourth-order valence-electron chi connectivity index (χ4n) is 10.5. The van der Waals surface area contributed by atoms with Gasteiger partial charge in [-0.25, -0.2) is 4.79 Å². The van der Waals surface area contributed by atoms with Gasteiger partial charge in [0.15, 0.2) is 6.79 Å². The van der Waals surface area contributed by atoms with Gasteiger partial charge in [0, 0.05) is 37.2 Å². The first-order chi connectivity index (χ1) is 19.6. The molecule has 3 saturated carbocycles. The van der Waals surface area contributed by atoms with Gasteiger partial charge in [0.25, 0.3) is 0 Å². The van der Waals surface area contributed by atoms with Crippen LogP contribution in [0.1, 0.15) is 65.7 Å². The normalized spacial score (nSPS) is 53.4. The molecular formula is C31H40O10. The number of hydrogen-bond acceptors (Lipinski definition) is 10. The van der Waals surface area contributed by atoms with Crippen LogP contribution < -0.4 is 0 Å². The molecule has 41 heavy (non-hydrogen) atoms. The van der Waals surface area contributed by atoms with E-state index < -0.39 is 29.2 Å². The predicted octanol–water partition coefficient (Wildman–Crippen LogP) is 2.91. The summed E-state index contributed by atoms with van der Waals surface area (Å²) in [5.41, 5.74) is 0.384. The minimum atomic E-state index is -1.06. The Kier molecular flexibility index (Phi) is 5.79. The molecule has 3 saturated heterocycles. The number of rotatable bonds is 2. The summed E-state index contributed by atoms with van der Waals surface area (Å²) >= 11 is 0. The third-order valence-electron chi connectivity index (χ3n) is 12.3. The molecule has 4 aliphatic heterocycles. The molecule has 1 N–H and O–H groups in total. The van der Waals surface area contributed by atoms with Crippen LogP contribution in [0.5, 0.6) is 0 Å². The van der Waals surface area contributed by atoms with E-state index in [1.165, 1.54) is 12.5 Å². The third-order valence-corrected chi connectivity index (χ3v) is 12.3. The average molecular weight is 573 g/mol. The second-order valence-electron chi connectivity index (χ2n) is 14.0. The van der Waals surface area contributed by atoms with Gasteiger partial charge in [-0.05, 0) is 54.9 Å². The Hall–Kier alpha value is -1.82. The Labute approximate surface area is 239 Å². The first-order valence-corrected chi connectivity index (χ1v) is 15.3. The SMILES string of the molecule is CC(=O)O[C@H]1C[C@]2(O)[C@@H]3CCC4=C[C@H]5O[C@@H]6OCC[C@H]7OCO[C@@]67O[C@@H]5C[C@]4(C)C3CC[C@]2(C)[C@H]1C1=CC(=O)OC1. The standard InChI is InChI=1S/C31H40O10/c1-16(32)39-23-13-30(34)20-5-4-18-11-21-22(41-31-24(37-15-38-31)7-9-35-27(31)40-21)12-28(18,2)19(20)6-8-29(30,3)26(23)17-10-25(33)36-14-17/h10-11,19-24,26-27,34H,4-9,12-15H2,1-3H3/t19?,20-,21-,22-,23+,24-,26+,27+,28+,29-,30+,31+/m1/s1. The number of cyclic esters (lactones) is 1. The summed E-state index contributed by atoms with van der Waals surface area (Å²) in [5, 5.41) is 12.8. The molecule has 0 aromatic rings. The largest absolute Gasteiger partial charge is 0.462 e. The van der Waals surface area contributed by atoms with E-state index in [-0.39, 0.29) is 66.8 Å². The first kappa shape index (κ1) is 26.8. The lowest BCUT2D eigenvalue weighted by atomic mass is 9.45. The second-order valence-corrected chi connectivity index (χ2v) is 14.0. The maximum atomic E-state index is 12.8. The van der Waals surface area contributed by atoms with Gasteiger partial charge in [0.05, 0.1) is 18.3 Å². The van der Waals surface area contributed by atoms with Crippen LogP contribution in [0.15, 0.2) is 23.3 Å². The van der Waals surface area contributed by atoms with Crippen LogP contribution in [0.3, 0.4) is 0 Å². The van der Waals surface area contributed by atoms with E-state index in [0.29, 0.717) is 19.4 Å². The second kappa shape index (κ2) is 8.86. The van der Waals surface area contributed by atoms with Crippen LogP contribution in [-0.4, -0.2) is 79.1 Å². The van der Waals surface area contributed by atoms with Crippen LogP contribution in [0.2, 0.25) is 0 Å². The number of ether oxygens (including phenoxy) is 7. The molecule has 8 rings (SSSR count). The molecule has 4 heterocycles. The lowest BCUT2D eigenvalue weighted by molar-refractivity contribution is -0.421. The van der Waals surface area contributed by atoms with Crippen molar-refractivity contribution in [1.29, 1.82) is 0 Å². The highest BCUT2D eigenvalue weighted by molar-refractivity contribution is 5.85. The summed E-state index contributed by atoms with van der Waals surface area (Å²) < 4.78 is 42.3. The van der Waals surface area contributed by atoms with Gasteiger partial charge in [0.1, 0.15) is 24.9 Å². The monoisotopic (exact) mass is 572 g/mol. The number of aliphatic hydroxyl groups is 1. The van der Waals surface area contributed by atoms with E-state index in [1.807, 2.05) is 0 Å². The number of carbonyl (C=O) groups is 2. The zero-order chi connectivity index (χ0) is 28.4. The van der Waals surface area contributed by atoms with E-state index in [4.69, 9.17) is 33.2 Å². The van der Waals surface area contributed by atoms with E-state index in [2.05, 4.69) is 19.9 Å². The van der Waals surface area contributed by atoms with Crippen molar-refractivity contribution >= 4 is 11.9 Å². The summed E-state index contributed by atoms with van der Waals surface area (Å²) in [5.74, 6) is -1.82. The molecule has 0 amide bonds. The smallest absolute Gasteiger partial charge is 0.331 e. The molecule has 1 unspecified atom stereocenters. The maximum absolute atomic E-state index is 12.8. The van der Waals surface area contributed by atoms with Gasteiger partial charge in [0.2, 0.25) is 12.1 Å². The van der Waals surface area contributed by atoms with Gasteiger partial charge in [-0.3, -0.25) is 4.79 Å². The Balaban J connectivity index is 1.12. The summed E-state index contributed by atoms with van der Waals surface area (Å²) in [4.78, 5) is 24.3. The Bertz CT molecular complexity index is 1230. The molecule has 8 aliphatic rings. The molecule has 0 radical (unpaired) electrons. The van der Waals surface area contributed by atoms with Crippen LogP contribution in [0.25, 0.3) is 0 Å². The summed E-state index contributed by atoms with van der Waals surface area (Å²) in [6.45, 7) is 6.76. The van der Waals surface area contributed by atoms with Gasteiger partial charge < -0.3 is 38.3 Å². The molecular weight excluding hydrogens is 532 g/mol. The van der Waals surface area contributed by atoms with Gasteiger partial charge in [-0.15, -0.1) is 0 Å². The zero-order valence-electron chi connectivity index (χ0n) is 24.0. The molecule has 4 aliphatic carbocycles. The van der Waals surface area contributed by atoms with Crippen LogP contribution in [-0.2, 0) is 42.7 Å². The minimum absolute atomic E-state index is 0.00822. The van der Waals surface area contributed by atoms with Crippen molar-refractivity contribution in [3.8, 4) is 0 Å². The zero-order valence-corrected chi connectivity index (χ0v) is 24.0. The van der Waals surface area contributed by atoms with Crippen molar-refractivity contribution in [2.75, 3.05) is 20.0 Å². The van der Waals surface area contributed by atoms with Gasteiger partial charge in [-0.2, -0.15) is 0 Å². The van der Waals surface area contributed by atoms with E-state index in [1.54, 1.807) is 6.08 Å². The van der Waals surface area contributed by atoms with E-state index in [0.717, 1.165) is 37.7 Å². The van der Waals surface area contributed by atoms with Crippen molar-refractivity contribution in [1.82, 2.24) is 0 Å². The number of allylic oxidation sites excluding steroid dienone is 1. The molecule has 6 fully saturated rings. The van der Waals surface area contributed by atoms with Crippen molar-refractivity contribution in [2.45, 2.75) is 108 Å². The topological polar surface area (TPSA) is 119 Å². The molecule has 10 heteroatoms. The minimum Gasteiger partial charge on any atom is -0.462 e. The lowest BCUT2D eigenvalue weighted by Crippen LogP contribution is -2.67. The highest BCUT2D eigenvalue weighted by atomic mass is 16.9. The summed E-state index contributed by atoms with van der Waals surface area (Å²) in [7, 11) is 0. The highest BCUT2D eigenvalue weighted by Gasteiger charge is 2.71. The molecule has 0 aromatic heterocycles. The average Bonchev–Trinajstić information content (AvgIpc) is 3.58. The summed E-state index contributed by atoms with van der Waals surface area (Å²) in [6, 6.07) is 0. The van der Waals surface area contributed by atoms with Crippen molar-refractivity contribution in [2.24, 2.45) is 28.6 Å². The van der Waals surface area contributed by atoms with Crippen molar-refractivity contribution < 1.29 is 47.9 Å². The number of carbonyl (C=O) groups excluding carboxylic acids is 2. The third kappa shape index (κ3) is 3.52. The quantitative estimate of drug-likeness (QED) is 0.391. The Morgan fingerprint density at radius 3 is 2.76 bits per heavy atom. The molecule has 10 nitrogen and oxygen atoms in total. The Morgan fingerprint density at radius 2 is 1.98 bits per heavy atom. The summed E-state index contributed by atoms with van der Waals surface area (Å²) in [6.07, 6.45) is 7.20. The fourth-order valence-corrected chi connectivity index (χ4v) is 10.5. The van der Waals surface area contributed by atoms with Crippen LogP contribution >= 0.6 is 0 Å². The predicted molar refractivity (Wildman–Crippen MR) is 140 cm³/mol. The number of hydrogen-bond donors (Lipinski definition) is 1. The van der Waals surface area contributed by atoms with Crippen LogP contribution in [0.4, 0.5) is 0 Å². The lowest BCUT2D eigenvalue weighted by Gasteiger charge is -2.63. The molecule has 0 bridgehead atoms. The Morgan fingerprint density at radius 1 is 1.12 bits per heavy atom. The molecule has 1 spiro atoms. The maximum Gasteiger partial charge on any atom is 0.331 e. The van der Waals surface area contributed by atoms with Crippen molar-refractivity contribution in [3.63, 3.8) is 0 Å². The van der Waals surface area contributed by atoms with Gasteiger partial charge >= 0.3 is 11.9 Å². The van der Waals surface area contributed by atoms with Gasteiger partial charge in [-0.1, -0.05) is 25.5 Å². The molecule has 224 valence electrons. The number of esters is 2. The molecule has 12 atom stereocenters. The van der Waals surface area contributed by atoms with E-state index in [9.17, 15) is 14.7 Å². The number of fused-ring (bicyclic) bond motifs is 6. The molecule has 0 aromatic carbocycles. The first-order valence-electron chi connectivity index (χ1n) is 15.3. The fraction of sp³-hybridized carbons (Fsp3) is 0.806. The van der Waals surface area contributed by atoms with E-state index >= 15 is 0 Å². The van der Waals surface area contributed by atoms with Crippen LogP contribution in [0, 0.1) is 28.6 Å². The van der Waals surface area contributed by atoms with Crippen molar-refractivity contribution in [3.05, 3.63) is 23.3 Å². The highest BCUT2D eigenvalue weighted by Crippen LogP contribution is 2.70.